The van der Waals surface area contributed by atoms with Gasteiger partial charge in [-0.2, -0.15) is 0 Å². The van der Waals surface area contributed by atoms with Crippen LogP contribution >= 0.6 is 0 Å². The molecule has 1 aromatic heterocycles. The van der Waals surface area contributed by atoms with Gasteiger partial charge in [0.25, 0.3) is 0 Å². The molecule has 1 aliphatic rings. The molecule has 0 amide bonds. The SMILES string of the molecule is C1=c2/ccccc2=NCc2cncnc2O/1. The van der Waals surface area contributed by atoms with Crippen LogP contribution in [0.2, 0.25) is 0 Å². The smallest absolute Gasteiger partial charge is 0.226 e. The molecular formula is C12H9N3O. The van der Waals surface area contributed by atoms with Gasteiger partial charge in [-0.25, -0.2) is 9.97 Å². The van der Waals surface area contributed by atoms with Crippen LogP contribution in [0.15, 0.2) is 41.8 Å². The molecule has 0 unspecified atom stereocenters. The Hall–Kier alpha value is -2.23. The summed E-state index contributed by atoms with van der Waals surface area (Å²) in [4.78, 5) is 12.5. The fourth-order valence-electron chi connectivity index (χ4n) is 1.58. The minimum atomic E-state index is 0.543. The van der Waals surface area contributed by atoms with Crippen LogP contribution in [0.3, 0.4) is 0 Å². The van der Waals surface area contributed by atoms with Crippen molar-refractivity contribution in [1.29, 1.82) is 0 Å². The quantitative estimate of drug-likeness (QED) is 0.634. The van der Waals surface area contributed by atoms with E-state index >= 15 is 0 Å². The Balaban J connectivity index is 2.19. The minimum Gasteiger partial charge on any atom is -0.446 e. The van der Waals surface area contributed by atoms with E-state index in [2.05, 4.69) is 15.0 Å². The largest absolute Gasteiger partial charge is 0.446 e. The second-order valence-corrected chi connectivity index (χ2v) is 3.46. The summed E-state index contributed by atoms with van der Waals surface area (Å²) in [7, 11) is 0. The van der Waals surface area contributed by atoms with Crippen LogP contribution in [0.4, 0.5) is 0 Å². The van der Waals surface area contributed by atoms with Gasteiger partial charge < -0.3 is 4.74 Å². The first-order valence-electron chi connectivity index (χ1n) is 4.99. The lowest BCUT2D eigenvalue weighted by Crippen LogP contribution is -2.26. The molecule has 0 saturated heterocycles. The average molecular weight is 211 g/mol. The van der Waals surface area contributed by atoms with Crippen LogP contribution in [0, 0.1) is 0 Å². The van der Waals surface area contributed by atoms with Crippen LogP contribution in [-0.2, 0) is 6.54 Å². The van der Waals surface area contributed by atoms with Crippen molar-refractivity contribution in [2.45, 2.75) is 6.54 Å². The van der Waals surface area contributed by atoms with Crippen molar-refractivity contribution in [2.24, 2.45) is 4.99 Å². The molecule has 78 valence electrons. The van der Waals surface area contributed by atoms with Gasteiger partial charge in [-0.05, 0) is 12.1 Å². The maximum absolute atomic E-state index is 5.52. The molecular weight excluding hydrogens is 202 g/mol. The van der Waals surface area contributed by atoms with Gasteiger partial charge in [0.2, 0.25) is 5.88 Å². The van der Waals surface area contributed by atoms with E-state index in [0.29, 0.717) is 12.4 Å². The third kappa shape index (κ3) is 1.54. The number of hydrogen-bond donors (Lipinski definition) is 0. The van der Waals surface area contributed by atoms with Crippen LogP contribution in [-0.4, -0.2) is 9.97 Å². The van der Waals surface area contributed by atoms with Gasteiger partial charge in [0, 0.05) is 11.4 Å². The van der Waals surface area contributed by atoms with Crippen molar-refractivity contribution in [3.05, 3.63) is 52.9 Å². The zero-order valence-electron chi connectivity index (χ0n) is 8.50. The Morgan fingerprint density at radius 3 is 3.12 bits per heavy atom. The number of nitrogens with zero attached hydrogens (tertiary/aromatic N) is 3. The Kier molecular flexibility index (Phi) is 2.11. The minimum absolute atomic E-state index is 0.543. The first-order chi connectivity index (χ1) is 7.93. The third-order valence-electron chi connectivity index (χ3n) is 2.40. The van der Waals surface area contributed by atoms with Crippen molar-refractivity contribution in [3.8, 4) is 5.88 Å². The Bertz CT molecular complexity index is 581. The molecule has 0 N–H and O–H groups in total. The molecule has 0 fully saturated rings. The molecule has 1 aromatic carbocycles. The molecule has 4 nitrogen and oxygen atoms in total. The van der Waals surface area contributed by atoms with Gasteiger partial charge in [0.1, 0.15) is 12.6 Å². The van der Waals surface area contributed by atoms with Crippen molar-refractivity contribution >= 4 is 6.26 Å². The molecule has 2 heterocycles. The maximum atomic E-state index is 5.52. The van der Waals surface area contributed by atoms with Gasteiger partial charge in [-0.3, -0.25) is 4.99 Å². The Labute approximate surface area is 92.0 Å². The summed E-state index contributed by atoms with van der Waals surface area (Å²) in [6.45, 7) is 0.543. The summed E-state index contributed by atoms with van der Waals surface area (Å²) in [5, 5.41) is 1.89. The number of ether oxygens (including phenoxy) is 1. The van der Waals surface area contributed by atoms with Crippen molar-refractivity contribution in [2.75, 3.05) is 0 Å². The average Bonchev–Trinajstić information content (AvgIpc) is 2.32. The molecule has 2 aromatic rings. The molecule has 0 aliphatic carbocycles. The van der Waals surface area contributed by atoms with Gasteiger partial charge in [0.15, 0.2) is 0 Å². The van der Waals surface area contributed by atoms with Crippen molar-refractivity contribution in [3.63, 3.8) is 0 Å². The highest BCUT2D eigenvalue weighted by molar-refractivity contribution is 5.30. The van der Waals surface area contributed by atoms with E-state index in [0.717, 1.165) is 16.1 Å². The summed E-state index contributed by atoms with van der Waals surface area (Å²) in [6, 6.07) is 7.84. The van der Waals surface area contributed by atoms with E-state index in [1.54, 1.807) is 12.5 Å². The summed E-state index contributed by atoms with van der Waals surface area (Å²) in [6.07, 6.45) is 4.87. The molecule has 0 atom stereocenters. The van der Waals surface area contributed by atoms with E-state index in [1.165, 1.54) is 6.33 Å². The lowest BCUT2D eigenvalue weighted by atomic mass is 10.2. The molecule has 4 heteroatoms. The topological polar surface area (TPSA) is 47.4 Å². The van der Waals surface area contributed by atoms with E-state index in [4.69, 9.17) is 4.74 Å². The summed E-state index contributed by atoms with van der Waals surface area (Å²) < 4.78 is 5.52. The second kappa shape index (κ2) is 3.73. The molecule has 1 aliphatic heterocycles. The first-order valence-corrected chi connectivity index (χ1v) is 4.99. The summed E-state index contributed by atoms with van der Waals surface area (Å²) in [5.74, 6) is 0.577. The molecule has 0 radical (unpaired) electrons. The second-order valence-electron chi connectivity index (χ2n) is 3.46. The highest BCUT2D eigenvalue weighted by atomic mass is 16.5. The van der Waals surface area contributed by atoms with E-state index in [-0.39, 0.29) is 0 Å². The normalized spacial score (nSPS) is 15.1. The zero-order valence-corrected chi connectivity index (χ0v) is 8.50. The van der Waals surface area contributed by atoms with Gasteiger partial charge in [-0.15, -0.1) is 0 Å². The zero-order chi connectivity index (χ0) is 10.8. The van der Waals surface area contributed by atoms with Crippen LogP contribution in [0.1, 0.15) is 5.56 Å². The molecule has 16 heavy (non-hydrogen) atoms. The van der Waals surface area contributed by atoms with Crippen LogP contribution in [0.5, 0.6) is 5.88 Å². The lowest BCUT2D eigenvalue weighted by molar-refractivity contribution is 0.503. The monoisotopic (exact) mass is 211 g/mol. The van der Waals surface area contributed by atoms with Gasteiger partial charge >= 0.3 is 0 Å². The lowest BCUT2D eigenvalue weighted by Gasteiger charge is -2.06. The number of benzene rings is 1. The summed E-state index contributed by atoms with van der Waals surface area (Å²) in [5.41, 5.74) is 0.897. The Morgan fingerprint density at radius 2 is 2.12 bits per heavy atom. The number of fused-ring (bicyclic) bond motifs is 2. The Morgan fingerprint density at radius 1 is 1.19 bits per heavy atom. The highest BCUT2D eigenvalue weighted by Crippen LogP contribution is 2.14. The number of hydrogen-bond acceptors (Lipinski definition) is 4. The molecule has 0 bridgehead atoms. The molecule has 3 rings (SSSR count). The standard InChI is InChI=1S/C12H9N3O/c1-2-4-11-9(3-1)7-16-12-10(6-14-11)5-13-8-15-12/h1-5,7-8H,6H2/b9-7-,14-11?. The third-order valence-corrected chi connectivity index (χ3v) is 2.40. The maximum Gasteiger partial charge on any atom is 0.226 e. The molecule has 0 saturated carbocycles. The summed E-state index contributed by atoms with van der Waals surface area (Å²) >= 11 is 0. The van der Waals surface area contributed by atoms with Crippen LogP contribution in [0.25, 0.3) is 6.26 Å². The fourth-order valence-corrected chi connectivity index (χ4v) is 1.58. The van der Waals surface area contributed by atoms with Crippen LogP contribution < -0.4 is 15.3 Å². The fraction of sp³-hybridized carbons (Fsp3) is 0.0833. The predicted octanol–water partition coefficient (Wildman–Crippen LogP) is 0.427. The molecule has 0 spiro atoms. The van der Waals surface area contributed by atoms with Crippen molar-refractivity contribution < 1.29 is 4.74 Å². The number of rotatable bonds is 0. The number of para-hydroxylation sites is 1. The van der Waals surface area contributed by atoms with Crippen molar-refractivity contribution in [1.82, 2.24) is 9.97 Å². The van der Waals surface area contributed by atoms with E-state index in [9.17, 15) is 0 Å². The predicted molar refractivity (Wildman–Crippen MR) is 58.1 cm³/mol. The highest BCUT2D eigenvalue weighted by Gasteiger charge is 2.05. The van der Waals surface area contributed by atoms with Gasteiger partial charge in [-0.1, -0.05) is 12.1 Å². The van der Waals surface area contributed by atoms with E-state index < -0.39 is 0 Å². The van der Waals surface area contributed by atoms with E-state index in [1.807, 2.05) is 24.3 Å². The van der Waals surface area contributed by atoms with Gasteiger partial charge in [0.05, 0.1) is 17.5 Å². The number of aromatic nitrogens is 2. The first kappa shape index (κ1) is 9.03.